The molecule has 1 unspecified atom stereocenters. The first-order valence-electron chi connectivity index (χ1n) is 5.42. The van der Waals surface area contributed by atoms with Crippen LogP contribution in [-0.4, -0.2) is 21.3 Å². The van der Waals surface area contributed by atoms with E-state index >= 15 is 0 Å². The molecule has 0 radical (unpaired) electrons. The normalized spacial score (nSPS) is 13.1. The van der Waals surface area contributed by atoms with E-state index in [1.165, 1.54) is 25.3 Å². The third-order valence-corrected chi connectivity index (χ3v) is 4.11. The fourth-order valence-electron chi connectivity index (χ4n) is 1.53. The predicted octanol–water partition coefficient (Wildman–Crippen LogP) is 2.57. The van der Waals surface area contributed by atoms with Gasteiger partial charge in [0.15, 0.2) is 11.6 Å². The van der Waals surface area contributed by atoms with Gasteiger partial charge in [0.25, 0.3) is 0 Å². The molecule has 0 aliphatic heterocycles. The highest BCUT2D eigenvalue weighted by atomic mass is 35.5. The Balaban J connectivity index is 2.89. The SMILES string of the molecule is C=C(Cl)CS(=O)(=O)NC(C)c1ccc(F)c(OC)c1. The average Bonchev–Trinajstić information content (AvgIpc) is 2.26. The molecule has 1 N–H and O–H groups in total. The molecule has 0 aliphatic rings. The van der Waals surface area contributed by atoms with Crippen molar-refractivity contribution in [3.05, 3.63) is 41.2 Å². The van der Waals surface area contributed by atoms with Crippen LogP contribution >= 0.6 is 11.6 Å². The van der Waals surface area contributed by atoms with Gasteiger partial charge in [0.05, 0.1) is 12.9 Å². The quantitative estimate of drug-likeness (QED) is 0.879. The standard InChI is InChI=1S/C12H15ClFNO3S/c1-8(13)7-19(16,17)15-9(2)10-4-5-11(14)12(6-10)18-3/h4-6,9,15H,1,7H2,2-3H3. The van der Waals surface area contributed by atoms with Crippen LogP contribution in [0.5, 0.6) is 5.75 Å². The summed E-state index contributed by atoms with van der Waals surface area (Å²) in [6.07, 6.45) is 0. The molecule has 7 heteroatoms. The smallest absolute Gasteiger partial charge is 0.217 e. The molecule has 0 heterocycles. The van der Waals surface area contributed by atoms with Crippen LogP contribution in [0, 0.1) is 5.82 Å². The van der Waals surface area contributed by atoms with Gasteiger partial charge in [0.2, 0.25) is 10.0 Å². The summed E-state index contributed by atoms with van der Waals surface area (Å²) in [5, 5.41) is 0.0244. The first-order chi connectivity index (χ1) is 8.75. The first kappa shape index (κ1) is 15.9. The Labute approximate surface area is 117 Å². The van der Waals surface area contributed by atoms with Crippen LogP contribution in [0.2, 0.25) is 0 Å². The van der Waals surface area contributed by atoms with E-state index in [4.69, 9.17) is 16.3 Å². The van der Waals surface area contributed by atoms with Gasteiger partial charge >= 0.3 is 0 Å². The molecule has 0 fully saturated rings. The van der Waals surface area contributed by atoms with Crippen LogP contribution in [0.1, 0.15) is 18.5 Å². The highest BCUT2D eigenvalue weighted by molar-refractivity contribution is 7.89. The van der Waals surface area contributed by atoms with Gasteiger partial charge in [0.1, 0.15) is 0 Å². The summed E-state index contributed by atoms with van der Waals surface area (Å²) in [5.41, 5.74) is 0.585. The molecule has 0 spiro atoms. The summed E-state index contributed by atoms with van der Waals surface area (Å²) in [7, 11) is -2.23. The molecule has 4 nitrogen and oxygen atoms in total. The number of halogens is 2. The molecule has 1 atom stereocenters. The van der Waals surface area contributed by atoms with Crippen LogP contribution < -0.4 is 9.46 Å². The number of methoxy groups -OCH3 is 1. The van der Waals surface area contributed by atoms with Gasteiger partial charge in [-0.15, -0.1) is 0 Å². The second kappa shape index (κ2) is 6.36. The second-order valence-electron chi connectivity index (χ2n) is 4.01. The van der Waals surface area contributed by atoms with Crippen molar-refractivity contribution in [1.29, 1.82) is 0 Å². The molecule has 1 rings (SSSR count). The van der Waals surface area contributed by atoms with E-state index in [9.17, 15) is 12.8 Å². The molecule has 1 aromatic carbocycles. The molecular formula is C12H15ClFNO3S. The molecule has 0 aliphatic carbocycles. The Bertz CT molecular complexity index is 574. The fourth-order valence-corrected chi connectivity index (χ4v) is 3.13. The minimum atomic E-state index is -3.57. The molecule has 106 valence electrons. The zero-order chi connectivity index (χ0) is 14.6. The summed E-state index contributed by atoms with van der Waals surface area (Å²) in [4.78, 5) is 0. The monoisotopic (exact) mass is 307 g/mol. The number of nitrogens with one attached hydrogen (secondary N) is 1. The Hall–Kier alpha value is -1.11. The molecule has 0 saturated heterocycles. The van der Waals surface area contributed by atoms with Crippen molar-refractivity contribution in [2.24, 2.45) is 0 Å². The largest absolute Gasteiger partial charge is 0.494 e. The lowest BCUT2D eigenvalue weighted by Gasteiger charge is -2.15. The van der Waals surface area contributed by atoms with Crippen molar-refractivity contribution in [3.63, 3.8) is 0 Å². The third-order valence-electron chi connectivity index (χ3n) is 2.38. The third kappa shape index (κ3) is 4.81. The number of hydrogen-bond donors (Lipinski definition) is 1. The van der Waals surface area contributed by atoms with Crippen molar-refractivity contribution in [2.45, 2.75) is 13.0 Å². The number of benzene rings is 1. The topological polar surface area (TPSA) is 55.4 Å². The first-order valence-corrected chi connectivity index (χ1v) is 7.45. The Morgan fingerprint density at radius 2 is 2.21 bits per heavy atom. The summed E-state index contributed by atoms with van der Waals surface area (Å²) in [6.45, 7) is 4.98. The van der Waals surface area contributed by atoms with E-state index in [0.717, 1.165) is 0 Å². The highest BCUT2D eigenvalue weighted by Gasteiger charge is 2.17. The Morgan fingerprint density at radius 1 is 1.58 bits per heavy atom. The number of rotatable bonds is 6. The average molecular weight is 308 g/mol. The van der Waals surface area contributed by atoms with E-state index in [1.54, 1.807) is 6.92 Å². The van der Waals surface area contributed by atoms with Gasteiger partial charge in [-0.05, 0) is 24.6 Å². The summed E-state index contributed by atoms with van der Waals surface area (Å²) >= 11 is 5.48. The number of hydrogen-bond acceptors (Lipinski definition) is 3. The lowest BCUT2D eigenvalue weighted by molar-refractivity contribution is 0.385. The van der Waals surface area contributed by atoms with Crippen LogP contribution in [0.25, 0.3) is 0 Å². The lowest BCUT2D eigenvalue weighted by atomic mass is 10.1. The van der Waals surface area contributed by atoms with Gasteiger partial charge in [-0.1, -0.05) is 24.2 Å². The van der Waals surface area contributed by atoms with Crippen molar-refractivity contribution in [3.8, 4) is 5.75 Å². The molecule has 19 heavy (non-hydrogen) atoms. The molecule has 0 bridgehead atoms. The summed E-state index contributed by atoms with van der Waals surface area (Å²) < 4.78 is 43.9. The molecule has 0 saturated carbocycles. The van der Waals surface area contributed by atoms with Crippen LogP contribution in [0.4, 0.5) is 4.39 Å². The van der Waals surface area contributed by atoms with Crippen LogP contribution in [0.15, 0.2) is 29.8 Å². The second-order valence-corrected chi connectivity index (χ2v) is 6.30. The van der Waals surface area contributed by atoms with E-state index in [2.05, 4.69) is 11.3 Å². The fraction of sp³-hybridized carbons (Fsp3) is 0.333. The van der Waals surface area contributed by atoms with Gasteiger partial charge in [-0.2, -0.15) is 0 Å². The Morgan fingerprint density at radius 3 is 2.74 bits per heavy atom. The minimum absolute atomic E-state index is 0.0244. The zero-order valence-corrected chi connectivity index (χ0v) is 12.2. The maximum Gasteiger partial charge on any atom is 0.217 e. The predicted molar refractivity (Wildman–Crippen MR) is 73.3 cm³/mol. The van der Waals surface area contributed by atoms with Gasteiger partial charge in [0, 0.05) is 11.1 Å². The van der Waals surface area contributed by atoms with Crippen molar-refractivity contribution in [2.75, 3.05) is 12.9 Å². The van der Waals surface area contributed by atoms with Crippen molar-refractivity contribution >= 4 is 21.6 Å². The van der Waals surface area contributed by atoms with E-state index in [0.29, 0.717) is 5.56 Å². The van der Waals surface area contributed by atoms with Gasteiger partial charge in [-0.25, -0.2) is 17.5 Å². The van der Waals surface area contributed by atoms with Crippen molar-refractivity contribution < 1.29 is 17.5 Å². The molecular weight excluding hydrogens is 293 g/mol. The van der Waals surface area contributed by atoms with E-state index < -0.39 is 21.9 Å². The van der Waals surface area contributed by atoms with Gasteiger partial charge in [-0.3, -0.25) is 0 Å². The number of ether oxygens (including phenoxy) is 1. The highest BCUT2D eigenvalue weighted by Crippen LogP contribution is 2.23. The Kier molecular flexibility index (Phi) is 5.34. The molecule has 0 amide bonds. The minimum Gasteiger partial charge on any atom is -0.494 e. The lowest BCUT2D eigenvalue weighted by Crippen LogP contribution is -2.29. The zero-order valence-electron chi connectivity index (χ0n) is 10.6. The maximum absolute atomic E-state index is 13.3. The maximum atomic E-state index is 13.3. The van der Waals surface area contributed by atoms with Gasteiger partial charge < -0.3 is 4.74 Å². The molecule has 1 aromatic rings. The van der Waals surface area contributed by atoms with E-state index in [-0.39, 0.29) is 16.5 Å². The van der Waals surface area contributed by atoms with Crippen LogP contribution in [-0.2, 0) is 10.0 Å². The number of sulfonamides is 1. The molecule has 0 aromatic heterocycles. The summed E-state index contributed by atoms with van der Waals surface area (Å²) in [6, 6.07) is 3.62. The van der Waals surface area contributed by atoms with Crippen LogP contribution in [0.3, 0.4) is 0 Å². The van der Waals surface area contributed by atoms with Crippen molar-refractivity contribution in [1.82, 2.24) is 4.72 Å². The van der Waals surface area contributed by atoms with E-state index in [1.807, 2.05) is 0 Å². The summed E-state index contributed by atoms with van der Waals surface area (Å²) in [5.74, 6) is -0.808.